The highest BCUT2D eigenvalue weighted by molar-refractivity contribution is 5.77. The van der Waals surface area contributed by atoms with E-state index in [1.54, 1.807) is 17.1 Å². The van der Waals surface area contributed by atoms with Crippen LogP contribution in [0.3, 0.4) is 0 Å². The number of rotatable bonds is 9. The highest BCUT2D eigenvalue weighted by Gasteiger charge is 2.62. The van der Waals surface area contributed by atoms with Crippen LogP contribution in [0.1, 0.15) is 56.9 Å². The minimum Gasteiger partial charge on any atom is -0.480 e. The first-order valence-corrected chi connectivity index (χ1v) is 12.1. The molecule has 1 N–H and O–H groups in total. The fourth-order valence-electron chi connectivity index (χ4n) is 5.72. The van der Waals surface area contributed by atoms with Crippen LogP contribution < -0.4 is 10.1 Å². The molecule has 0 bridgehead atoms. The Kier molecular flexibility index (Phi) is 5.97. The van der Waals surface area contributed by atoms with Crippen LogP contribution in [0.5, 0.6) is 5.75 Å². The predicted molar refractivity (Wildman–Crippen MR) is 119 cm³/mol. The number of nitrogens with zero attached hydrogens (tertiary/aromatic N) is 4. The maximum absolute atomic E-state index is 12.2. The Bertz CT molecular complexity index is 932. The van der Waals surface area contributed by atoms with Gasteiger partial charge >= 0.3 is 0 Å². The van der Waals surface area contributed by atoms with Gasteiger partial charge in [0.15, 0.2) is 12.4 Å². The summed E-state index contributed by atoms with van der Waals surface area (Å²) in [5, 5.41) is 11.6. The molecule has 1 amide bonds. The standard InChI is InChI=1S/C24H35N5O3/c1-3-20-10-22(27-32-20)24-11-18(24)13-29(16-24)9-8-17-4-6-19(7-5-17)26-23(30)15-31-21-12-25-28(2)14-21/h10,12,14,17-19H,3-9,11,13,15-16H2,1-2H3,(H,26,30)/t17-,18?,19-,24-/m0/s1. The summed E-state index contributed by atoms with van der Waals surface area (Å²) >= 11 is 0. The minimum atomic E-state index is -0.0435. The van der Waals surface area contributed by atoms with Crippen LogP contribution in [-0.2, 0) is 23.7 Å². The number of amides is 1. The first-order chi connectivity index (χ1) is 15.5. The number of fused-ring (bicyclic) bond motifs is 1. The van der Waals surface area contributed by atoms with E-state index in [1.807, 2.05) is 7.05 Å². The van der Waals surface area contributed by atoms with E-state index in [0.29, 0.717) is 5.75 Å². The maximum Gasteiger partial charge on any atom is 0.258 e. The Morgan fingerprint density at radius 3 is 2.91 bits per heavy atom. The number of nitrogens with one attached hydrogen (secondary N) is 1. The van der Waals surface area contributed by atoms with Gasteiger partial charge in [-0.05, 0) is 56.9 Å². The second-order valence-electron chi connectivity index (χ2n) is 10.0. The van der Waals surface area contributed by atoms with E-state index < -0.39 is 0 Å². The molecule has 2 aliphatic carbocycles. The molecule has 8 nitrogen and oxygen atoms in total. The average molecular weight is 442 g/mol. The molecule has 8 heteroatoms. The summed E-state index contributed by atoms with van der Waals surface area (Å²) in [6.07, 6.45) is 11.3. The molecule has 32 heavy (non-hydrogen) atoms. The number of carbonyl (C=O) groups excluding carboxylic acids is 1. The number of hydrogen-bond donors (Lipinski definition) is 1. The maximum atomic E-state index is 12.2. The van der Waals surface area contributed by atoms with E-state index in [-0.39, 0.29) is 24.0 Å². The van der Waals surface area contributed by atoms with Crippen molar-refractivity contribution in [2.24, 2.45) is 18.9 Å². The fourth-order valence-corrected chi connectivity index (χ4v) is 5.72. The predicted octanol–water partition coefficient (Wildman–Crippen LogP) is 2.69. The molecule has 0 aromatic carbocycles. The summed E-state index contributed by atoms with van der Waals surface area (Å²) in [5.74, 6) is 3.12. The molecule has 1 unspecified atom stereocenters. The van der Waals surface area contributed by atoms with E-state index in [9.17, 15) is 4.79 Å². The summed E-state index contributed by atoms with van der Waals surface area (Å²) < 4.78 is 12.6. The molecular weight excluding hydrogens is 406 g/mol. The lowest BCUT2D eigenvalue weighted by Gasteiger charge is -2.30. The zero-order chi connectivity index (χ0) is 22.1. The van der Waals surface area contributed by atoms with Crippen molar-refractivity contribution in [2.45, 2.75) is 63.3 Å². The fraction of sp³-hybridized carbons (Fsp3) is 0.708. The van der Waals surface area contributed by atoms with E-state index in [1.165, 1.54) is 44.5 Å². The number of aryl methyl sites for hydroxylation is 2. The van der Waals surface area contributed by atoms with Crippen molar-refractivity contribution in [3.05, 3.63) is 29.9 Å². The number of likely N-dealkylation sites (tertiary alicyclic amines) is 1. The topological polar surface area (TPSA) is 85.4 Å². The van der Waals surface area contributed by atoms with Crippen LogP contribution in [0.15, 0.2) is 23.0 Å². The third-order valence-corrected chi connectivity index (χ3v) is 7.75. The molecule has 3 aliphatic rings. The number of hydrogen-bond acceptors (Lipinski definition) is 6. The van der Waals surface area contributed by atoms with Crippen molar-refractivity contribution in [3.63, 3.8) is 0 Å². The van der Waals surface area contributed by atoms with Crippen molar-refractivity contribution in [1.29, 1.82) is 0 Å². The molecule has 1 saturated heterocycles. The normalized spacial score (nSPS) is 29.6. The molecule has 3 heterocycles. The Morgan fingerprint density at radius 1 is 1.34 bits per heavy atom. The molecular formula is C24H35N5O3. The Hall–Kier alpha value is -2.35. The molecule has 2 aromatic heterocycles. The summed E-state index contributed by atoms with van der Waals surface area (Å²) in [4.78, 5) is 14.8. The van der Waals surface area contributed by atoms with Gasteiger partial charge in [0.05, 0.1) is 18.1 Å². The van der Waals surface area contributed by atoms with E-state index >= 15 is 0 Å². The van der Waals surface area contributed by atoms with Crippen molar-refractivity contribution in [3.8, 4) is 5.75 Å². The van der Waals surface area contributed by atoms with Gasteiger partial charge in [-0.25, -0.2) is 0 Å². The van der Waals surface area contributed by atoms with Crippen LogP contribution in [-0.4, -0.2) is 58.0 Å². The van der Waals surface area contributed by atoms with E-state index in [2.05, 4.69) is 33.5 Å². The van der Waals surface area contributed by atoms with Gasteiger partial charge in [0.25, 0.3) is 5.91 Å². The third kappa shape index (κ3) is 4.56. The van der Waals surface area contributed by atoms with E-state index in [0.717, 1.165) is 43.4 Å². The molecule has 174 valence electrons. The summed E-state index contributed by atoms with van der Waals surface area (Å²) in [7, 11) is 1.83. The quantitative estimate of drug-likeness (QED) is 0.644. The number of piperidine rings is 1. The van der Waals surface area contributed by atoms with Crippen molar-refractivity contribution in [1.82, 2.24) is 25.2 Å². The lowest BCUT2D eigenvalue weighted by Crippen LogP contribution is -2.40. The summed E-state index contributed by atoms with van der Waals surface area (Å²) in [6.45, 7) is 5.68. The van der Waals surface area contributed by atoms with Crippen LogP contribution in [0.25, 0.3) is 0 Å². The Morgan fingerprint density at radius 2 is 2.19 bits per heavy atom. The Balaban J connectivity index is 0.995. The van der Waals surface area contributed by atoms with Crippen molar-refractivity contribution >= 4 is 5.91 Å². The third-order valence-electron chi connectivity index (χ3n) is 7.75. The average Bonchev–Trinajstić information content (AvgIpc) is 3.20. The largest absolute Gasteiger partial charge is 0.480 e. The summed E-state index contributed by atoms with van der Waals surface area (Å²) in [6, 6.07) is 2.46. The second kappa shape index (κ2) is 8.89. The first-order valence-electron chi connectivity index (χ1n) is 12.1. The molecule has 0 spiro atoms. The molecule has 3 fully saturated rings. The zero-order valence-electron chi connectivity index (χ0n) is 19.3. The zero-order valence-corrected chi connectivity index (χ0v) is 19.3. The van der Waals surface area contributed by atoms with Crippen LogP contribution in [0, 0.1) is 11.8 Å². The smallest absolute Gasteiger partial charge is 0.258 e. The van der Waals surface area contributed by atoms with Crippen LogP contribution >= 0.6 is 0 Å². The second-order valence-corrected chi connectivity index (χ2v) is 10.0. The van der Waals surface area contributed by atoms with Gasteiger partial charge in [0.2, 0.25) is 0 Å². The van der Waals surface area contributed by atoms with Gasteiger partial charge in [-0.3, -0.25) is 9.48 Å². The SMILES string of the molecule is CCc1cc([C@]23CC2CN(CC[C@H]2CC[C@H](NC(=O)COc4cnn(C)c4)CC2)C3)no1. The highest BCUT2D eigenvalue weighted by Crippen LogP contribution is 2.58. The van der Waals surface area contributed by atoms with Crippen molar-refractivity contribution < 1.29 is 14.1 Å². The van der Waals surface area contributed by atoms with Gasteiger partial charge in [0, 0.05) is 44.1 Å². The minimum absolute atomic E-state index is 0.0435. The molecule has 2 saturated carbocycles. The van der Waals surface area contributed by atoms with Gasteiger partial charge in [0.1, 0.15) is 5.76 Å². The summed E-state index contributed by atoms with van der Waals surface area (Å²) in [5.41, 5.74) is 1.46. The van der Waals surface area contributed by atoms with E-state index in [4.69, 9.17) is 9.26 Å². The molecule has 0 radical (unpaired) electrons. The molecule has 2 atom stereocenters. The van der Waals surface area contributed by atoms with Crippen molar-refractivity contribution in [2.75, 3.05) is 26.2 Å². The monoisotopic (exact) mass is 441 g/mol. The number of ether oxygens (including phenoxy) is 1. The first kappa shape index (κ1) is 21.5. The van der Waals surface area contributed by atoms with Gasteiger partial charge in [-0.15, -0.1) is 0 Å². The number of aromatic nitrogens is 3. The highest BCUT2D eigenvalue weighted by atomic mass is 16.5. The lowest BCUT2D eigenvalue weighted by atomic mass is 9.84. The Labute approximate surface area is 189 Å². The van der Waals surface area contributed by atoms with Gasteiger partial charge in [-0.1, -0.05) is 12.1 Å². The van der Waals surface area contributed by atoms with Crippen LogP contribution in [0.4, 0.5) is 0 Å². The lowest BCUT2D eigenvalue weighted by molar-refractivity contribution is -0.124. The molecule has 1 aliphatic heterocycles. The number of carbonyl (C=O) groups is 1. The van der Waals surface area contributed by atoms with Crippen LogP contribution in [0.2, 0.25) is 0 Å². The van der Waals surface area contributed by atoms with Gasteiger partial charge < -0.3 is 19.5 Å². The van der Waals surface area contributed by atoms with Gasteiger partial charge in [-0.2, -0.15) is 5.10 Å². The molecule has 2 aromatic rings. The molecule has 5 rings (SSSR count).